The highest BCUT2D eigenvalue weighted by atomic mass is 16.9. The number of rotatable bonds is 10. The lowest BCUT2D eigenvalue weighted by molar-refractivity contribution is -0.757. The zero-order valence-corrected chi connectivity index (χ0v) is 12.3. The lowest BCUT2D eigenvalue weighted by atomic mass is 10.1. The summed E-state index contributed by atoms with van der Waals surface area (Å²) < 4.78 is 5.21. The molecule has 0 amide bonds. The van der Waals surface area contributed by atoms with Gasteiger partial charge in [0.05, 0.1) is 0 Å². The van der Waals surface area contributed by atoms with E-state index in [0.717, 1.165) is 18.4 Å². The van der Waals surface area contributed by atoms with Crippen LogP contribution in [-0.4, -0.2) is 30.2 Å². The first kappa shape index (κ1) is 17.9. The number of hydrogen-bond acceptors (Lipinski definition) is 7. The van der Waals surface area contributed by atoms with Crippen LogP contribution in [0, 0.1) is 10.1 Å². The van der Waals surface area contributed by atoms with Gasteiger partial charge in [0.2, 0.25) is 0 Å². The van der Waals surface area contributed by atoms with E-state index in [4.69, 9.17) is 16.2 Å². The molecule has 4 N–H and O–H groups in total. The van der Waals surface area contributed by atoms with Gasteiger partial charge in [0.15, 0.2) is 0 Å². The van der Waals surface area contributed by atoms with E-state index in [-0.39, 0.29) is 6.61 Å². The van der Waals surface area contributed by atoms with Crippen LogP contribution in [0.3, 0.4) is 0 Å². The average Bonchev–Trinajstić information content (AvgIpc) is 2.47. The molecular formula is C14H21N3O5. The number of ether oxygens (including phenoxy) is 1. The summed E-state index contributed by atoms with van der Waals surface area (Å²) in [6.07, 6.45) is 2.44. The molecule has 0 aliphatic heterocycles. The minimum atomic E-state index is -0.843. The molecular weight excluding hydrogens is 290 g/mol. The van der Waals surface area contributed by atoms with Crippen molar-refractivity contribution in [1.29, 1.82) is 0 Å². The van der Waals surface area contributed by atoms with Crippen molar-refractivity contribution in [3.8, 4) is 5.75 Å². The number of nitrogens with two attached hydrogens (primary N) is 2. The van der Waals surface area contributed by atoms with Gasteiger partial charge in [0.25, 0.3) is 5.09 Å². The predicted molar refractivity (Wildman–Crippen MR) is 79.6 cm³/mol. The summed E-state index contributed by atoms with van der Waals surface area (Å²) in [4.78, 5) is 26.2. The number of hydrogen-bond donors (Lipinski definition) is 2. The summed E-state index contributed by atoms with van der Waals surface area (Å²) in [5.41, 5.74) is 11.9. The normalized spacial score (nSPS) is 11.7. The van der Waals surface area contributed by atoms with Gasteiger partial charge in [0, 0.05) is 0 Å². The molecule has 22 heavy (non-hydrogen) atoms. The fourth-order valence-electron chi connectivity index (χ4n) is 1.82. The number of esters is 1. The standard InChI is InChI=1S/C14H21N3O5/c15-8-2-1-6-13(16)14(18)22-12-5-3-4-11(10-12)7-9-21-17(19)20/h3-5,10,13H,1-2,6-9,15-16H2. The maximum Gasteiger partial charge on any atom is 0.328 e. The highest BCUT2D eigenvalue weighted by molar-refractivity contribution is 5.77. The lowest BCUT2D eigenvalue weighted by Crippen LogP contribution is -2.34. The molecule has 0 aliphatic rings. The molecule has 0 heterocycles. The molecule has 0 spiro atoms. The molecule has 122 valence electrons. The van der Waals surface area contributed by atoms with Crippen molar-refractivity contribution in [2.24, 2.45) is 11.5 Å². The topological polar surface area (TPSA) is 131 Å². The summed E-state index contributed by atoms with van der Waals surface area (Å²) >= 11 is 0. The van der Waals surface area contributed by atoms with E-state index in [1.807, 2.05) is 0 Å². The van der Waals surface area contributed by atoms with Gasteiger partial charge in [0.1, 0.15) is 18.4 Å². The molecule has 0 fully saturated rings. The van der Waals surface area contributed by atoms with E-state index < -0.39 is 17.1 Å². The van der Waals surface area contributed by atoms with Crippen LogP contribution in [0.5, 0.6) is 5.75 Å². The second kappa shape index (κ2) is 9.69. The summed E-state index contributed by atoms with van der Waals surface area (Å²) in [6.45, 7) is 0.513. The Bertz CT molecular complexity index is 495. The SMILES string of the molecule is NCCCCC(N)C(=O)Oc1cccc(CCO[N+](=O)[O-])c1. The maximum absolute atomic E-state index is 11.8. The van der Waals surface area contributed by atoms with E-state index in [1.165, 1.54) is 0 Å². The molecule has 1 unspecified atom stereocenters. The fraction of sp³-hybridized carbons (Fsp3) is 0.500. The van der Waals surface area contributed by atoms with Crippen LogP contribution < -0.4 is 16.2 Å². The molecule has 1 aromatic rings. The lowest BCUT2D eigenvalue weighted by Gasteiger charge is -2.11. The Morgan fingerprint density at radius 2 is 2.14 bits per heavy atom. The van der Waals surface area contributed by atoms with Crippen molar-refractivity contribution < 1.29 is 19.5 Å². The number of carbonyl (C=O) groups is 1. The van der Waals surface area contributed by atoms with Gasteiger partial charge in [-0.25, -0.2) is 4.79 Å². The van der Waals surface area contributed by atoms with E-state index in [9.17, 15) is 14.9 Å². The van der Waals surface area contributed by atoms with Crippen molar-refractivity contribution in [3.05, 3.63) is 39.9 Å². The van der Waals surface area contributed by atoms with E-state index in [1.54, 1.807) is 24.3 Å². The van der Waals surface area contributed by atoms with Crippen LogP contribution in [0.2, 0.25) is 0 Å². The van der Waals surface area contributed by atoms with E-state index in [0.29, 0.717) is 25.1 Å². The van der Waals surface area contributed by atoms with Gasteiger partial charge >= 0.3 is 5.97 Å². The van der Waals surface area contributed by atoms with Crippen molar-refractivity contribution >= 4 is 5.97 Å². The molecule has 0 bridgehead atoms. The largest absolute Gasteiger partial charge is 0.425 e. The number of nitrogens with zero attached hydrogens (tertiary/aromatic N) is 1. The van der Waals surface area contributed by atoms with Gasteiger partial charge < -0.3 is 21.0 Å². The van der Waals surface area contributed by atoms with Gasteiger partial charge in [-0.05, 0) is 43.5 Å². The zero-order valence-electron chi connectivity index (χ0n) is 12.3. The smallest absolute Gasteiger partial charge is 0.328 e. The van der Waals surface area contributed by atoms with Crippen LogP contribution >= 0.6 is 0 Å². The Morgan fingerprint density at radius 3 is 2.82 bits per heavy atom. The first-order valence-electron chi connectivity index (χ1n) is 7.06. The summed E-state index contributed by atoms with van der Waals surface area (Å²) in [6, 6.07) is 6.04. The molecule has 1 atom stereocenters. The molecule has 0 aromatic heterocycles. The molecule has 0 aliphatic carbocycles. The third kappa shape index (κ3) is 7.00. The van der Waals surface area contributed by atoms with Crippen molar-refractivity contribution in [2.75, 3.05) is 13.2 Å². The van der Waals surface area contributed by atoms with Gasteiger partial charge in [-0.3, -0.25) is 0 Å². The Kier molecular flexibility index (Phi) is 7.87. The third-order valence-electron chi connectivity index (χ3n) is 2.98. The highest BCUT2D eigenvalue weighted by Gasteiger charge is 2.15. The molecule has 8 heteroatoms. The molecule has 1 aromatic carbocycles. The van der Waals surface area contributed by atoms with E-state index in [2.05, 4.69) is 4.84 Å². The van der Waals surface area contributed by atoms with Gasteiger partial charge in [-0.1, -0.05) is 18.6 Å². The minimum absolute atomic E-state index is 0.0526. The summed E-state index contributed by atoms with van der Waals surface area (Å²) in [5.74, 6) is -0.145. The Balaban J connectivity index is 2.47. The maximum atomic E-state index is 11.8. The van der Waals surface area contributed by atoms with Crippen LogP contribution in [0.25, 0.3) is 0 Å². The number of carbonyl (C=O) groups excluding carboxylic acids is 1. The minimum Gasteiger partial charge on any atom is -0.425 e. The Hall–Kier alpha value is -2.19. The molecule has 0 radical (unpaired) electrons. The van der Waals surface area contributed by atoms with Crippen molar-refractivity contribution in [3.63, 3.8) is 0 Å². The van der Waals surface area contributed by atoms with Crippen molar-refractivity contribution in [1.82, 2.24) is 0 Å². The second-order valence-electron chi connectivity index (χ2n) is 4.77. The zero-order chi connectivity index (χ0) is 16.4. The molecule has 8 nitrogen and oxygen atoms in total. The number of benzene rings is 1. The highest BCUT2D eigenvalue weighted by Crippen LogP contribution is 2.15. The first-order chi connectivity index (χ1) is 10.5. The Morgan fingerprint density at radius 1 is 1.36 bits per heavy atom. The molecule has 1 rings (SSSR count). The van der Waals surface area contributed by atoms with Crippen LogP contribution in [0.4, 0.5) is 0 Å². The molecule has 0 saturated carbocycles. The third-order valence-corrected chi connectivity index (χ3v) is 2.98. The van der Waals surface area contributed by atoms with Crippen LogP contribution in [0.15, 0.2) is 24.3 Å². The van der Waals surface area contributed by atoms with Gasteiger partial charge in [-0.2, -0.15) is 0 Å². The van der Waals surface area contributed by atoms with Crippen LogP contribution in [0.1, 0.15) is 24.8 Å². The predicted octanol–water partition coefficient (Wildman–Crippen LogP) is 0.799. The summed E-state index contributed by atoms with van der Waals surface area (Å²) in [5, 5.41) is 9.23. The van der Waals surface area contributed by atoms with E-state index >= 15 is 0 Å². The van der Waals surface area contributed by atoms with Crippen molar-refractivity contribution in [2.45, 2.75) is 31.7 Å². The summed E-state index contributed by atoms with van der Waals surface area (Å²) in [7, 11) is 0. The monoisotopic (exact) mass is 311 g/mol. The Labute approximate surface area is 128 Å². The van der Waals surface area contributed by atoms with Crippen LogP contribution in [-0.2, 0) is 16.1 Å². The average molecular weight is 311 g/mol. The second-order valence-corrected chi connectivity index (χ2v) is 4.77. The quantitative estimate of drug-likeness (QED) is 0.215. The van der Waals surface area contributed by atoms with Gasteiger partial charge in [-0.15, -0.1) is 10.1 Å². The fourth-order valence-corrected chi connectivity index (χ4v) is 1.82. The molecule has 0 saturated heterocycles. The number of unbranched alkanes of at least 4 members (excludes halogenated alkanes) is 1. The first-order valence-corrected chi connectivity index (χ1v) is 7.06.